The summed E-state index contributed by atoms with van der Waals surface area (Å²) in [6, 6.07) is 0. The molecule has 1 atom stereocenters. The minimum Gasteiger partial charge on any atom is -0.376 e. The monoisotopic (exact) mass is 350 g/mol. The number of piperazine rings is 1. The molecule has 2 saturated heterocycles. The summed E-state index contributed by atoms with van der Waals surface area (Å²) < 4.78 is 12.7. The first kappa shape index (κ1) is 17.7. The molecule has 138 valence electrons. The number of anilines is 1. The highest BCUT2D eigenvalue weighted by molar-refractivity contribution is 5.98. The highest BCUT2D eigenvalue weighted by atomic mass is 16.6. The number of nitrogens with zero attached hydrogens (tertiary/aromatic N) is 5. The Balaban J connectivity index is 1.61. The average Bonchev–Trinajstić information content (AvgIpc) is 3.05. The van der Waals surface area contributed by atoms with E-state index < -0.39 is 0 Å². The molecule has 9 nitrogen and oxygen atoms in total. The fraction of sp³-hybridized carbons (Fsp3) is 0.688. The normalized spacial score (nSPS) is 22.4. The van der Waals surface area contributed by atoms with Crippen LogP contribution in [0.4, 0.5) is 5.69 Å². The van der Waals surface area contributed by atoms with Crippen LogP contribution in [-0.4, -0.2) is 85.2 Å². The van der Waals surface area contributed by atoms with Gasteiger partial charge in [0.05, 0.1) is 38.2 Å². The summed E-state index contributed by atoms with van der Waals surface area (Å²) in [6.07, 6.45) is 3.55. The zero-order valence-corrected chi connectivity index (χ0v) is 14.8. The topological polar surface area (TPSA) is 84.2 Å². The van der Waals surface area contributed by atoms with Gasteiger partial charge in [0.2, 0.25) is 5.91 Å². The molecule has 2 aliphatic heterocycles. The maximum Gasteiger partial charge on any atom is 0.246 e. The zero-order valence-electron chi connectivity index (χ0n) is 14.8. The predicted molar refractivity (Wildman–Crippen MR) is 93.7 cm³/mol. The van der Waals surface area contributed by atoms with Crippen LogP contribution in [0.2, 0.25) is 0 Å². The fourth-order valence-corrected chi connectivity index (χ4v) is 2.93. The van der Waals surface area contributed by atoms with E-state index in [1.165, 1.54) is 0 Å². The Labute approximate surface area is 147 Å². The van der Waals surface area contributed by atoms with Gasteiger partial charge in [-0.25, -0.2) is 0 Å². The molecule has 2 aliphatic rings. The van der Waals surface area contributed by atoms with Crippen molar-refractivity contribution >= 4 is 17.6 Å². The van der Waals surface area contributed by atoms with Crippen molar-refractivity contribution < 1.29 is 14.3 Å². The van der Waals surface area contributed by atoms with Crippen molar-refractivity contribution in [1.29, 1.82) is 0 Å². The van der Waals surface area contributed by atoms with E-state index in [4.69, 9.17) is 9.47 Å². The first-order valence-corrected chi connectivity index (χ1v) is 8.69. The molecular formula is C16H26N6O3. The number of aromatic nitrogens is 2. The predicted octanol–water partition coefficient (Wildman–Crippen LogP) is -0.550. The highest BCUT2D eigenvalue weighted by Crippen LogP contribution is 2.16. The highest BCUT2D eigenvalue weighted by Gasteiger charge is 2.28. The molecule has 25 heavy (non-hydrogen) atoms. The number of guanidine groups is 1. The van der Waals surface area contributed by atoms with Gasteiger partial charge < -0.3 is 24.6 Å². The molecule has 0 bridgehead atoms. The Morgan fingerprint density at radius 2 is 2.32 bits per heavy atom. The van der Waals surface area contributed by atoms with E-state index in [1.807, 2.05) is 25.1 Å². The molecule has 3 rings (SSSR count). The fourth-order valence-electron chi connectivity index (χ4n) is 2.93. The van der Waals surface area contributed by atoms with Gasteiger partial charge in [0.25, 0.3) is 0 Å². The van der Waals surface area contributed by atoms with E-state index in [2.05, 4.69) is 15.4 Å². The summed E-state index contributed by atoms with van der Waals surface area (Å²) >= 11 is 0. The summed E-state index contributed by atoms with van der Waals surface area (Å²) in [5.41, 5.74) is 0.835. The Bertz CT molecular complexity index is 611. The molecule has 2 fully saturated rings. The lowest BCUT2D eigenvalue weighted by molar-refractivity contribution is -0.120. The number of nitrogens with one attached hydrogen (secondary N) is 1. The first-order chi connectivity index (χ1) is 12.2. The summed E-state index contributed by atoms with van der Waals surface area (Å²) in [5, 5.41) is 7.40. The van der Waals surface area contributed by atoms with Crippen LogP contribution < -0.4 is 10.2 Å². The van der Waals surface area contributed by atoms with Crippen molar-refractivity contribution in [2.75, 3.05) is 57.4 Å². The molecule has 1 unspecified atom stereocenters. The second-order valence-corrected chi connectivity index (χ2v) is 6.10. The quantitative estimate of drug-likeness (QED) is 0.579. The van der Waals surface area contributed by atoms with Gasteiger partial charge in [-0.05, 0) is 6.92 Å². The van der Waals surface area contributed by atoms with Gasteiger partial charge in [0, 0.05) is 32.9 Å². The van der Waals surface area contributed by atoms with Crippen molar-refractivity contribution in [2.45, 2.75) is 13.0 Å². The van der Waals surface area contributed by atoms with Crippen molar-refractivity contribution in [3.63, 3.8) is 0 Å². The number of carbonyl (C=O) groups excluding carboxylic acids is 1. The van der Waals surface area contributed by atoms with Gasteiger partial charge in [-0.3, -0.25) is 14.5 Å². The lowest BCUT2D eigenvalue weighted by Crippen LogP contribution is -2.55. The lowest BCUT2D eigenvalue weighted by atomic mass is 10.3. The first-order valence-electron chi connectivity index (χ1n) is 8.69. The number of aryl methyl sites for hydroxylation is 1. The van der Waals surface area contributed by atoms with E-state index >= 15 is 0 Å². The van der Waals surface area contributed by atoms with Gasteiger partial charge in [-0.2, -0.15) is 5.10 Å². The van der Waals surface area contributed by atoms with Crippen LogP contribution in [0.25, 0.3) is 0 Å². The van der Waals surface area contributed by atoms with Crippen molar-refractivity contribution in [3.8, 4) is 0 Å². The molecular weight excluding hydrogens is 324 g/mol. The van der Waals surface area contributed by atoms with Crippen LogP contribution in [0.1, 0.15) is 6.92 Å². The molecule has 0 saturated carbocycles. The second kappa shape index (κ2) is 8.30. The van der Waals surface area contributed by atoms with Gasteiger partial charge in [0.1, 0.15) is 12.6 Å². The molecule has 1 amide bonds. The number of amides is 1. The molecule has 1 N–H and O–H groups in total. The Hall–Kier alpha value is -2.13. The number of hydrogen-bond acceptors (Lipinski definition) is 5. The van der Waals surface area contributed by atoms with Crippen LogP contribution in [-0.2, 0) is 21.3 Å². The van der Waals surface area contributed by atoms with E-state index in [-0.39, 0.29) is 12.0 Å². The zero-order chi connectivity index (χ0) is 17.6. The third kappa shape index (κ3) is 4.49. The Morgan fingerprint density at radius 3 is 2.96 bits per heavy atom. The van der Waals surface area contributed by atoms with Crippen molar-refractivity contribution in [1.82, 2.24) is 20.0 Å². The third-order valence-corrected chi connectivity index (χ3v) is 4.19. The number of carbonyl (C=O) groups is 1. The van der Waals surface area contributed by atoms with E-state index in [0.717, 1.165) is 18.2 Å². The van der Waals surface area contributed by atoms with Crippen LogP contribution in [0.5, 0.6) is 0 Å². The maximum absolute atomic E-state index is 12.5. The van der Waals surface area contributed by atoms with Crippen LogP contribution in [0, 0.1) is 0 Å². The Morgan fingerprint density at radius 1 is 1.44 bits per heavy atom. The molecule has 0 aliphatic carbocycles. The molecule has 0 aromatic carbocycles. The summed E-state index contributed by atoms with van der Waals surface area (Å²) in [4.78, 5) is 20.9. The molecule has 0 radical (unpaired) electrons. The second-order valence-electron chi connectivity index (χ2n) is 6.10. The van der Waals surface area contributed by atoms with Crippen LogP contribution in [0.3, 0.4) is 0 Å². The van der Waals surface area contributed by atoms with E-state index in [1.54, 1.807) is 15.8 Å². The molecule has 3 heterocycles. The van der Waals surface area contributed by atoms with E-state index in [9.17, 15) is 4.79 Å². The lowest BCUT2D eigenvalue weighted by Gasteiger charge is -2.35. The summed E-state index contributed by atoms with van der Waals surface area (Å²) in [6.45, 7) is 6.73. The van der Waals surface area contributed by atoms with Crippen molar-refractivity contribution in [3.05, 3.63) is 12.4 Å². The van der Waals surface area contributed by atoms with Crippen LogP contribution >= 0.6 is 0 Å². The maximum atomic E-state index is 12.5. The third-order valence-electron chi connectivity index (χ3n) is 4.19. The van der Waals surface area contributed by atoms with Crippen molar-refractivity contribution in [2.24, 2.45) is 12.0 Å². The molecule has 1 aromatic heterocycles. The summed E-state index contributed by atoms with van der Waals surface area (Å²) in [7, 11) is 1.84. The smallest absolute Gasteiger partial charge is 0.246 e. The van der Waals surface area contributed by atoms with Gasteiger partial charge in [-0.15, -0.1) is 0 Å². The largest absolute Gasteiger partial charge is 0.376 e. The van der Waals surface area contributed by atoms with E-state index in [0.29, 0.717) is 46.0 Å². The molecule has 1 aromatic rings. The van der Waals surface area contributed by atoms with Gasteiger partial charge >= 0.3 is 0 Å². The minimum atomic E-state index is -0.0187. The number of rotatable bonds is 4. The number of ether oxygens (including phenoxy) is 2. The van der Waals surface area contributed by atoms with Gasteiger partial charge in [0.15, 0.2) is 5.96 Å². The average molecular weight is 350 g/mol. The standard InChI is InChI=1S/C16H26N6O3/c1-3-17-16(18-9-14-12-24-6-7-25-14)21-4-5-22(15(23)11-21)13-8-19-20(2)10-13/h8,10,14H,3-7,9,11-12H2,1-2H3,(H,17,18). The molecule has 0 spiro atoms. The van der Waals surface area contributed by atoms with Gasteiger partial charge in [-0.1, -0.05) is 0 Å². The number of aliphatic imine (C=N–C) groups is 1. The van der Waals surface area contributed by atoms with Crippen LogP contribution in [0.15, 0.2) is 17.4 Å². The summed E-state index contributed by atoms with van der Waals surface area (Å²) in [5.74, 6) is 0.790. The number of hydrogen-bond donors (Lipinski definition) is 1. The SMILES string of the molecule is CCNC(=NCC1COCCO1)N1CCN(c2cnn(C)c2)C(=O)C1. The Kier molecular flexibility index (Phi) is 5.87. The molecule has 9 heteroatoms. The minimum absolute atomic E-state index is 0.0187.